The zero-order valence-electron chi connectivity index (χ0n) is 22.5. The van der Waals surface area contributed by atoms with Crippen LogP contribution >= 0.6 is 11.3 Å². The molecule has 200 valence electrons. The molecule has 1 unspecified atom stereocenters. The van der Waals surface area contributed by atoms with E-state index in [-0.39, 0.29) is 6.10 Å². The Morgan fingerprint density at radius 2 is 1.92 bits per heavy atom. The summed E-state index contributed by atoms with van der Waals surface area (Å²) in [6.45, 7) is 11.4. The number of piperidine rings is 1. The molecule has 1 aromatic carbocycles. The van der Waals surface area contributed by atoms with E-state index in [1.807, 2.05) is 12.3 Å². The van der Waals surface area contributed by atoms with Gasteiger partial charge < -0.3 is 19.6 Å². The van der Waals surface area contributed by atoms with Crippen molar-refractivity contribution in [1.29, 1.82) is 0 Å². The molecule has 0 amide bonds. The highest BCUT2D eigenvalue weighted by molar-refractivity contribution is 7.09. The van der Waals surface area contributed by atoms with E-state index in [0.717, 1.165) is 93.8 Å². The maximum absolute atomic E-state index is 9.93. The van der Waals surface area contributed by atoms with Gasteiger partial charge in [-0.15, -0.1) is 11.3 Å². The van der Waals surface area contributed by atoms with Gasteiger partial charge in [0.2, 0.25) is 0 Å². The third-order valence-electron chi connectivity index (χ3n) is 7.87. The molecule has 2 aliphatic rings. The van der Waals surface area contributed by atoms with Crippen LogP contribution in [0.15, 0.2) is 35.8 Å². The average Bonchev–Trinajstić information content (AvgIpc) is 3.29. The molecular formula is C29H41N5O2S. The van der Waals surface area contributed by atoms with Crippen LogP contribution in [-0.4, -0.2) is 83.9 Å². The average molecular weight is 524 g/mol. The van der Waals surface area contributed by atoms with E-state index in [2.05, 4.69) is 52.1 Å². The fourth-order valence-electron chi connectivity index (χ4n) is 5.74. The Labute approximate surface area is 225 Å². The van der Waals surface area contributed by atoms with Gasteiger partial charge in [-0.2, -0.15) is 0 Å². The zero-order valence-corrected chi connectivity index (χ0v) is 23.3. The predicted octanol–water partition coefficient (Wildman–Crippen LogP) is 4.92. The van der Waals surface area contributed by atoms with Crippen LogP contribution in [0, 0.1) is 0 Å². The number of ether oxygens (including phenoxy) is 1. The molecule has 2 fully saturated rings. The van der Waals surface area contributed by atoms with Gasteiger partial charge in [-0.05, 0) is 43.9 Å². The van der Waals surface area contributed by atoms with Gasteiger partial charge in [0.05, 0.1) is 35.5 Å². The first-order valence-corrected chi connectivity index (χ1v) is 14.7. The van der Waals surface area contributed by atoms with Crippen molar-refractivity contribution in [2.75, 3.05) is 57.8 Å². The highest BCUT2D eigenvalue weighted by Crippen LogP contribution is 2.37. The van der Waals surface area contributed by atoms with E-state index in [0.29, 0.717) is 12.0 Å². The molecule has 0 saturated carbocycles. The van der Waals surface area contributed by atoms with Crippen molar-refractivity contribution in [2.24, 2.45) is 0 Å². The molecule has 1 N–H and O–H groups in total. The summed E-state index contributed by atoms with van der Waals surface area (Å²) in [5.41, 5.74) is 3.35. The van der Waals surface area contributed by atoms with Crippen molar-refractivity contribution < 1.29 is 9.84 Å². The van der Waals surface area contributed by atoms with Gasteiger partial charge in [0.1, 0.15) is 11.4 Å². The largest absolute Gasteiger partial charge is 0.494 e. The number of pyridine rings is 1. The summed E-state index contributed by atoms with van der Waals surface area (Å²) in [4.78, 5) is 17.5. The molecule has 7 nitrogen and oxygen atoms in total. The number of nitrogens with zero attached hydrogens (tertiary/aromatic N) is 5. The number of aliphatic hydroxyl groups excluding tert-OH is 1. The topological polar surface area (TPSA) is 65.0 Å². The second kappa shape index (κ2) is 12.1. The lowest BCUT2D eigenvalue weighted by Crippen LogP contribution is -2.39. The number of methoxy groups -OCH3 is 1. The fourth-order valence-corrected chi connectivity index (χ4v) is 6.62. The summed E-state index contributed by atoms with van der Waals surface area (Å²) in [5, 5.41) is 14.6. The Bertz CT molecular complexity index is 1160. The van der Waals surface area contributed by atoms with Gasteiger partial charge in [-0.3, -0.25) is 9.88 Å². The maximum atomic E-state index is 9.93. The van der Waals surface area contributed by atoms with E-state index in [9.17, 15) is 5.11 Å². The molecular weight excluding hydrogens is 482 g/mol. The highest BCUT2D eigenvalue weighted by Gasteiger charge is 2.28. The highest BCUT2D eigenvalue weighted by atomic mass is 32.1. The van der Waals surface area contributed by atoms with Gasteiger partial charge in [0.25, 0.3) is 0 Å². The summed E-state index contributed by atoms with van der Waals surface area (Å²) < 4.78 is 5.80. The van der Waals surface area contributed by atoms with E-state index in [1.165, 1.54) is 10.7 Å². The minimum absolute atomic E-state index is 0.128. The lowest BCUT2D eigenvalue weighted by Gasteiger charge is -2.34. The predicted molar refractivity (Wildman–Crippen MR) is 152 cm³/mol. The summed E-state index contributed by atoms with van der Waals surface area (Å²) in [7, 11) is 1.75. The van der Waals surface area contributed by atoms with Crippen LogP contribution in [0.4, 0.5) is 5.69 Å². The van der Waals surface area contributed by atoms with Crippen LogP contribution in [-0.2, 0) is 0 Å². The van der Waals surface area contributed by atoms with Crippen LogP contribution in [0.5, 0.6) is 5.75 Å². The second-order valence-electron chi connectivity index (χ2n) is 10.7. The number of hydrogen-bond donors (Lipinski definition) is 1. The molecule has 8 heteroatoms. The first kappa shape index (κ1) is 26.4. The van der Waals surface area contributed by atoms with E-state index >= 15 is 0 Å². The number of anilines is 1. The SMILES string of the molecule is COc1ccc2cccnc2c1N1CCCN(C(CCN2CCC(O)CC2)c2csc(C(C)C)n2)CC1. The Hall–Kier alpha value is -2.26. The third kappa shape index (κ3) is 6.08. The van der Waals surface area contributed by atoms with Crippen LogP contribution < -0.4 is 9.64 Å². The Kier molecular flexibility index (Phi) is 8.60. The summed E-state index contributed by atoms with van der Waals surface area (Å²) >= 11 is 1.80. The maximum Gasteiger partial charge on any atom is 0.144 e. The molecule has 0 radical (unpaired) electrons. The monoisotopic (exact) mass is 523 g/mol. The summed E-state index contributed by atoms with van der Waals surface area (Å²) in [5.74, 6) is 1.35. The quantitative estimate of drug-likeness (QED) is 0.449. The molecule has 5 rings (SSSR count). The van der Waals surface area contributed by atoms with Crippen LogP contribution in [0.3, 0.4) is 0 Å². The van der Waals surface area contributed by atoms with Gasteiger partial charge >= 0.3 is 0 Å². The molecule has 2 aromatic heterocycles. The summed E-state index contributed by atoms with van der Waals surface area (Å²) in [6.07, 6.45) is 5.67. The normalized spacial score (nSPS) is 19.4. The first-order chi connectivity index (χ1) is 18.0. The standard InChI is InChI=1S/C29H41N5O2S/c1-21(2)29-31-24(20-37-29)25(11-17-32-15-9-23(35)10-16-32)33-13-5-14-34(19-18-33)28-26(36-3)8-7-22-6-4-12-30-27(22)28/h4,6-8,12,20-21,23,25,35H,5,9-11,13-19H2,1-3H3. The Balaban J connectivity index is 1.35. The molecule has 2 aliphatic heterocycles. The van der Waals surface area contributed by atoms with Crippen molar-refractivity contribution in [2.45, 2.75) is 57.6 Å². The van der Waals surface area contributed by atoms with Crippen LogP contribution in [0.25, 0.3) is 10.9 Å². The number of hydrogen-bond acceptors (Lipinski definition) is 8. The molecule has 3 aromatic rings. The number of aromatic nitrogens is 2. The minimum Gasteiger partial charge on any atom is -0.494 e. The molecule has 4 heterocycles. The minimum atomic E-state index is -0.128. The Morgan fingerprint density at radius 3 is 2.68 bits per heavy atom. The molecule has 1 atom stereocenters. The number of fused-ring (bicyclic) bond motifs is 1. The van der Waals surface area contributed by atoms with E-state index < -0.39 is 0 Å². The number of aliphatic hydroxyl groups is 1. The molecule has 0 spiro atoms. The third-order valence-corrected chi connectivity index (χ3v) is 9.03. The second-order valence-corrected chi connectivity index (χ2v) is 11.6. The number of benzene rings is 1. The lowest BCUT2D eigenvalue weighted by atomic mass is 10.0. The lowest BCUT2D eigenvalue weighted by molar-refractivity contribution is 0.0755. The van der Waals surface area contributed by atoms with Crippen LogP contribution in [0.2, 0.25) is 0 Å². The summed E-state index contributed by atoms with van der Waals surface area (Å²) in [6, 6.07) is 8.60. The molecule has 2 saturated heterocycles. The van der Waals surface area contributed by atoms with Gasteiger partial charge in [0.15, 0.2) is 0 Å². The molecule has 0 bridgehead atoms. The van der Waals surface area contributed by atoms with Crippen molar-refractivity contribution in [3.05, 3.63) is 46.5 Å². The number of rotatable bonds is 8. The molecule has 0 aliphatic carbocycles. The van der Waals surface area contributed by atoms with E-state index in [4.69, 9.17) is 14.7 Å². The number of likely N-dealkylation sites (tertiary alicyclic amines) is 1. The van der Waals surface area contributed by atoms with Crippen LogP contribution in [0.1, 0.15) is 62.2 Å². The zero-order chi connectivity index (χ0) is 25.8. The molecule has 37 heavy (non-hydrogen) atoms. The van der Waals surface area contributed by atoms with Gasteiger partial charge in [-0.1, -0.05) is 19.9 Å². The van der Waals surface area contributed by atoms with Crippen molar-refractivity contribution >= 4 is 27.9 Å². The first-order valence-electron chi connectivity index (χ1n) is 13.8. The smallest absolute Gasteiger partial charge is 0.144 e. The number of thiazole rings is 1. The van der Waals surface area contributed by atoms with Gasteiger partial charge in [0, 0.05) is 68.7 Å². The van der Waals surface area contributed by atoms with Crippen molar-refractivity contribution in [3.63, 3.8) is 0 Å². The fraction of sp³-hybridized carbons (Fsp3) is 0.586. The van der Waals surface area contributed by atoms with E-state index in [1.54, 1.807) is 18.4 Å². The van der Waals surface area contributed by atoms with Crippen molar-refractivity contribution in [3.8, 4) is 5.75 Å². The Morgan fingerprint density at radius 1 is 1.08 bits per heavy atom. The van der Waals surface area contributed by atoms with Crippen molar-refractivity contribution in [1.82, 2.24) is 19.8 Å². The van der Waals surface area contributed by atoms with Gasteiger partial charge in [-0.25, -0.2) is 4.98 Å².